The molecular weight excluding hydrogens is 1950 g/mol. The molecule has 0 radical (unpaired) electrons. The van der Waals surface area contributed by atoms with Crippen molar-refractivity contribution >= 4 is 131 Å². The average molecular weight is 2100 g/mol. The lowest BCUT2D eigenvalue weighted by Gasteiger charge is -2.21. The van der Waals surface area contributed by atoms with Crippen LogP contribution in [0.4, 0.5) is 0 Å². The number of primary amides is 1. The van der Waals surface area contributed by atoms with Crippen LogP contribution in [-0.4, -0.2) is 390 Å². The second kappa shape index (κ2) is 83.4. The number of ether oxygens (including phenoxy) is 7. The van der Waals surface area contributed by atoms with E-state index in [2.05, 4.69) is 72.0 Å². The van der Waals surface area contributed by atoms with Crippen molar-refractivity contribution in [3.05, 3.63) is 18.2 Å². The van der Waals surface area contributed by atoms with Gasteiger partial charge in [-0.2, -0.15) is 0 Å². The number of aromatic nitrogens is 2. The van der Waals surface area contributed by atoms with E-state index >= 15 is 0 Å². The summed E-state index contributed by atoms with van der Waals surface area (Å²) >= 11 is 0. The number of aliphatic hydroxyl groups excluding tert-OH is 1. The van der Waals surface area contributed by atoms with Crippen LogP contribution in [0.15, 0.2) is 17.5 Å². The summed E-state index contributed by atoms with van der Waals surface area (Å²) in [7, 11) is 0. The van der Waals surface area contributed by atoms with Gasteiger partial charge in [0.1, 0.15) is 134 Å². The zero-order chi connectivity index (χ0) is 114. The molecule has 5 aliphatic heterocycles. The molecular formula is C80H152N26O39. The van der Waals surface area contributed by atoms with E-state index in [1.165, 1.54) is 54.8 Å². The summed E-state index contributed by atoms with van der Waals surface area (Å²) in [6.45, 7) is 16.3. The zero-order valence-electron chi connectivity index (χ0n) is 82.0. The Kier molecular flexibility index (Phi) is 83.5. The number of carbonyl (C=O) groups is 21. The highest BCUT2D eigenvalue weighted by atomic mass is 16.6. The van der Waals surface area contributed by atoms with Gasteiger partial charge >= 0.3 is 119 Å². The maximum Gasteiger partial charge on any atom is 0.334 e. The molecule has 0 bridgehead atoms. The Morgan fingerprint density at radius 1 is 0.386 bits per heavy atom. The van der Waals surface area contributed by atoms with E-state index in [1.807, 2.05) is 0 Å². The molecule has 1 amide bonds. The van der Waals surface area contributed by atoms with Crippen molar-refractivity contribution < 1.29 is 190 Å². The van der Waals surface area contributed by atoms with Crippen LogP contribution in [0.3, 0.4) is 0 Å². The van der Waals surface area contributed by atoms with E-state index in [0.717, 1.165) is 83.4 Å². The fourth-order valence-electron chi connectivity index (χ4n) is 9.20. The number of imidazole rings is 1. The van der Waals surface area contributed by atoms with E-state index in [1.54, 1.807) is 20.0 Å². The number of guanidine groups is 1. The summed E-state index contributed by atoms with van der Waals surface area (Å²) in [5.41, 5.74) is 92.9. The topological polar surface area (TPSA) is 1220 Å². The van der Waals surface area contributed by atoms with Gasteiger partial charge in [-0.25, -0.2) is 33.8 Å². The van der Waals surface area contributed by atoms with Gasteiger partial charge < -0.3 is 224 Å². The van der Waals surface area contributed by atoms with Gasteiger partial charge in [0.15, 0.2) is 5.96 Å². The number of H-pyrrole nitrogens is 1. The van der Waals surface area contributed by atoms with Crippen LogP contribution in [0.5, 0.6) is 0 Å². The molecule has 65 nitrogen and oxygen atoms in total. The highest BCUT2D eigenvalue weighted by Gasteiger charge is 2.36. The molecule has 1 aromatic rings. The molecule has 0 spiro atoms. The number of nitrogens with zero attached hydrogens (tertiary/aromatic N) is 2. The van der Waals surface area contributed by atoms with E-state index in [-0.39, 0.29) is 62.5 Å². The first kappa shape index (κ1) is 145. The molecule has 1 aromatic heterocycles. The predicted octanol–water partition coefficient (Wildman–Crippen LogP) is -14.2. The van der Waals surface area contributed by atoms with Crippen molar-refractivity contribution in [1.29, 1.82) is 0 Å². The number of amides is 1. The normalized spacial score (nSPS) is 18.4. The number of aliphatic carboxylic acids is 10. The van der Waals surface area contributed by atoms with Crippen LogP contribution >= 0.6 is 0 Å². The Morgan fingerprint density at radius 3 is 0.986 bits per heavy atom. The molecule has 0 aliphatic carbocycles. The number of rotatable bonds is 38. The molecule has 53 N–H and O–H groups in total. The quantitative estimate of drug-likeness (QED) is 0.00730. The SMILES string of the molecule is CC(C)[C@H](N)C(=O)O.C[C@@H](OC(=O)[C@@H]1CCCN1)[C@H](N)C(=O)OC(=O)[C@@H](N)CO.C[C@@H](OC(=O)[C@@H]1CCCN1)[C@H](N)C(=O)OC(=O)[C@@H]1CCCN1.C[C@H](N)C(=O)O.C[C@H](N)C(=O)O.C[C@H](N)C(=O)OC[C@H](N)C(=O)O.C[C@H](N)C(=O)O[C@H](C)[C@H](N)C(=O)O.NC(=O)C[C@H](N)C(=O)OC(=O)[C@@H](N)CCCN=C(N)N.NCC(=O)O.NCC(=O)O.N[C@@H](Cc1cnc[nH]1)C(=O)O.O=C(O)[C@@H]1CCCN1.O=C(O)[C@@H]1CCCN1. The Bertz CT molecular complexity index is 4000. The van der Waals surface area contributed by atoms with Crippen LogP contribution in [0, 0.1) is 5.92 Å². The number of esters is 10. The van der Waals surface area contributed by atoms with Gasteiger partial charge in [0.05, 0.1) is 32.4 Å². The minimum Gasteiger partial charge on any atom is -0.480 e. The van der Waals surface area contributed by atoms with Gasteiger partial charge in [0, 0.05) is 24.9 Å². The van der Waals surface area contributed by atoms with Crippen molar-refractivity contribution in [3.63, 3.8) is 0 Å². The molecule has 6 rings (SSSR count). The van der Waals surface area contributed by atoms with E-state index in [9.17, 15) is 101 Å². The smallest absolute Gasteiger partial charge is 0.334 e. The van der Waals surface area contributed by atoms with Crippen molar-refractivity contribution in [1.82, 2.24) is 36.6 Å². The summed E-state index contributed by atoms with van der Waals surface area (Å²) < 4.78 is 32.9. The molecule has 0 saturated carbocycles. The molecule has 836 valence electrons. The van der Waals surface area contributed by atoms with Gasteiger partial charge in [-0.15, -0.1) is 0 Å². The zero-order valence-corrected chi connectivity index (χ0v) is 82.0. The number of carboxylic acid groups (broad SMARTS) is 10. The van der Waals surface area contributed by atoms with Crippen molar-refractivity contribution in [2.45, 2.75) is 279 Å². The Morgan fingerprint density at radius 2 is 0.717 bits per heavy atom. The fourth-order valence-corrected chi connectivity index (χ4v) is 9.20. The number of aliphatic imine (C=N–C) groups is 1. The van der Waals surface area contributed by atoms with Gasteiger partial charge in [-0.05, 0) is 164 Å². The van der Waals surface area contributed by atoms with Crippen LogP contribution in [-0.2, 0) is 140 Å². The maximum atomic E-state index is 11.9. The summed E-state index contributed by atoms with van der Waals surface area (Å²) in [5.74, 6) is -18.4. The first-order chi connectivity index (χ1) is 67.1. The molecule has 5 aliphatic rings. The summed E-state index contributed by atoms with van der Waals surface area (Å²) in [6, 6.07) is -14.8. The third kappa shape index (κ3) is 78.3. The lowest BCUT2D eigenvalue weighted by Crippen LogP contribution is -2.48. The number of hydrogen-bond donors (Lipinski definition) is 35. The Hall–Kier alpha value is -12.9. The minimum atomic E-state index is -1.32. The highest BCUT2D eigenvalue weighted by molar-refractivity contribution is 5.94. The lowest BCUT2D eigenvalue weighted by atomic mass is 10.1. The number of carbonyl (C=O) groups excluding carboxylic acids is 11. The average Bonchev–Trinajstić information content (AvgIpc) is 1.53. The Balaban J connectivity index is -0.000000293. The van der Waals surface area contributed by atoms with Crippen LogP contribution in [0.1, 0.15) is 151 Å². The summed E-state index contributed by atoms with van der Waals surface area (Å²) in [5, 5.41) is 104. The third-order valence-electron chi connectivity index (χ3n) is 18.0. The molecule has 0 unspecified atom stereocenters. The number of carboxylic acids is 10. The highest BCUT2D eigenvalue weighted by Crippen LogP contribution is 2.14. The summed E-state index contributed by atoms with van der Waals surface area (Å²) in [6.07, 6.45) is 9.12. The largest absolute Gasteiger partial charge is 0.480 e. The first-order valence-corrected chi connectivity index (χ1v) is 44.2. The van der Waals surface area contributed by atoms with Gasteiger partial charge in [-0.3, -0.25) is 76.9 Å². The maximum absolute atomic E-state index is 11.9. The van der Waals surface area contributed by atoms with Gasteiger partial charge in [0.25, 0.3) is 0 Å². The molecule has 5 fully saturated rings. The number of hydrogen-bond acceptors (Lipinski definition) is 51. The van der Waals surface area contributed by atoms with E-state index < -0.39 is 247 Å². The molecule has 21 atom stereocenters. The number of aliphatic hydroxyl groups is 1. The van der Waals surface area contributed by atoms with Crippen LogP contribution in [0.2, 0.25) is 0 Å². The lowest BCUT2D eigenvalue weighted by molar-refractivity contribution is -0.168. The molecule has 6 heterocycles. The fraction of sp³-hybridized carbons (Fsp3) is 0.688. The van der Waals surface area contributed by atoms with E-state index in [4.69, 9.17) is 162 Å². The molecule has 65 heteroatoms. The Labute approximate surface area is 832 Å². The second-order valence-electron chi connectivity index (χ2n) is 31.5. The van der Waals surface area contributed by atoms with Crippen molar-refractivity contribution in [2.24, 2.45) is 114 Å². The second-order valence-corrected chi connectivity index (χ2v) is 31.5. The number of nitrogens with two attached hydrogens (primary N) is 18. The van der Waals surface area contributed by atoms with Crippen molar-refractivity contribution in [3.8, 4) is 0 Å². The van der Waals surface area contributed by atoms with Crippen LogP contribution < -0.4 is 130 Å². The third-order valence-corrected chi connectivity index (χ3v) is 18.0. The minimum absolute atomic E-state index is 0.0208. The van der Waals surface area contributed by atoms with Crippen molar-refractivity contribution in [2.75, 3.05) is 65.6 Å². The van der Waals surface area contributed by atoms with Gasteiger partial charge in [0.2, 0.25) is 5.91 Å². The number of nitrogens with one attached hydrogen (secondary N) is 6. The van der Waals surface area contributed by atoms with Gasteiger partial charge in [-0.1, -0.05) is 13.8 Å². The monoisotopic (exact) mass is 2100 g/mol. The predicted molar refractivity (Wildman–Crippen MR) is 505 cm³/mol. The first-order valence-electron chi connectivity index (χ1n) is 44.2. The number of aromatic amines is 1. The molecule has 5 saturated heterocycles. The van der Waals surface area contributed by atoms with E-state index in [0.29, 0.717) is 32.2 Å². The molecule has 0 aromatic carbocycles. The molecule has 145 heavy (non-hydrogen) atoms. The standard InChI is InChI=1S/C14H23N3O5.C12H21N3O6.C10H20N6O4.C7H14N2O4.C6H9N3O2.C6H12N2O4.2C5H9NO2.C5H11NO2.2C3H7NO2.2C2H5NO2/c1-8(21-12(18)9-4-2-6-16-9)11(15)14(20)22-13(19)10-5-3-7-17-10;1-6(20-11(18)8-3-2-4-15-8)9(14)12(19)21-10(17)7(13)5-16;11-5(2-1-3-16-10(14)15)8(18)20-9(19)6(12)4-7(13)17;1-3(8)7(12)13-4(2)5(9)6(10)11;7-5(6(10)11)1-4-2-8-3-9-4;1-3(7)6(11)12-2-4(8)5(9)10;2*7-5(8)4-2-1-3-6-4;1-3(2)4(6)5(7)8;2*1-2(4)3(5)6;2*3-1-2(4)5/h8-11,16-17H,2-7,15H2,1H3;6-9,15-16H,2-5,13-14H2,1H3;5-6H,1-4,11-12H2,(H2,13,17)(H4,14,15,16);3-5H,8-9H2,1-2H3,(H,10,11);2-3,5H,1,7H2,(H,8,9)(H,10,11);3-4H,2,7-8H2,1H3,(H,9,10);2*4,6H,1-3H2,(H,7,8);3-4H,6H2,1-2H3,(H,7,8);2*2H,4H2,1H3,(H,5,6);2*1,3H2,(H,4,5)/t8-,9+,10+,11+;6-,7+,8+,9+;5-,6-;3-,4+,5-;5-;3-,4-;3*4-;2*2-;;/m11000000000../s1. The summed E-state index contributed by atoms with van der Waals surface area (Å²) in [4.78, 5) is 234. The van der Waals surface area contributed by atoms with Crippen LogP contribution in [0.25, 0.3) is 0 Å².